The number of ketones is 2. The van der Waals surface area contributed by atoms with Gasteiger partial charge in [0.2, 0.25) is 6.29 Å². The minimum Gasteiger partial charge on any atom is -0.346 e. The average molecular weight is 364 g/mol. The Morgan fingerprint density at radius 1 is 1.25 bits per heavy atom. The monoisotopic (exact) mass is 362 g/mol. The van der Waals surface area contributed by atoms with Gasteiger partial charge < -0.3 is 9.47 Å². The van der Waals surface area contributed by atoms with E-state index >= 15 is 0 Å². The lowest BCUT2D eigenvalue weighted by molar-refractivity contribution is -0.166. The predicted molar refractivity (Wildman–Crippen MR) is 80.1 cm³/mol. The highest BCUT2D eigenvalue weighted by atomic mass is 79.9. The van der Waals surface area contributed by atoms with Crippen LogP contribution in [0.4, 0.5) is 0 Å². The SMILES string of the molecule is CCOC(OCC)C(=O)CC(=O)c1ccc(Br)cc1Cl. The van der Waals surface area contributed by atoms with Gasteiger partial charge in [0.25, 0.3) is 0 Å². The summed E-state index contributed by atoms with van der Waals surface area (Å²) in [5.74, 6) is -0.755. The average Bonchev–Trinajstić information content (AvgIpc) is 2.38. The zero-order chi connectivity index (χ0) is 15.1. The molecule has 0 unspecified atom stereocenters. The maximum absolute atomic E-state index is 12.1. The maximum Gasteiger partial charge on any atom is 0.218 e. The van der Waals surface area contributed by atoms with Gasteiger partial charge in [-0.2, -0.15) is 0 Å². The molecule has 110 valence electrons. The third-order valence-corrected chi connectivity index (χ3v) is 3.27. The molecule has 0 amide bonds. The predicted octanol–water partition coefficient (Wildman–Crippen LogP) is 3.64. The number of Topliss-reactive ketones (excluding diaryl/α,β-unsaturated/α-hetero) is 2. The lowest BCUT2D eigenvalue weighted by Crippen LogP contribution is -2.29. The zero-order valence-electron chi connectivity index (χ0n) is 11.3. The first-order valence-electron chi connectivity index (χ1n) is 6.23. The van der Waals surface area contributed by atoms with Crippen LogP contribution in [0.1, 0.15) is 30.6 Å². The number of benzene rings is 1. The number of hydrogen-bond donors (Lipinski definition) is 0. The second-order valence-corrected chi connectivity index (χ2v) is 5.26. The van der Waals surface area contributed by atoms with E-state index in [1.54, 1.807) is 32.0 Å². The summed E-state index contributed by atoms with van der Waals surface area (Å²) in [5.41, 5.74) is 0.315. The molecule has 0 radical (unpaired) electrons. The molecule has 0 bridgehead atoms. The fraction of sp³-hybridized carbons (Fsp3) is 0.429. The third-order valence-electron chi connectivity index (χ3n) is 2.47. The van der Waals surface area contributed by atoms with E-state index in [1.165, 1.54) is 0 Å². The molecule has 20 heavy (non-hydrogen) atoms. The van der Waals surface area contributed by atoms with E-state index in [-0.39, 0.29) is 12.2 Å². The number of halogens is 2. The number of ether oxygens (including phenoxy) is 2. The Hall–Kier alpha value is -0.750. The summed E-state index contributed by atoms with van der Waals surface area (Å²) in [7, 11) is 0. The van der Waals surface area contributed by atoms with Crippen LogP contribution in [0.25, 0.3) is 0 Å². The standard InChI is InChI=1S/C14H16BrClO4/c1-3-19-14(20-4-2)13(18)8-12(17)10-6-5-9(15)7-11(10)16/h5-7,14H,3-4,8H2,1-2H3. The van der Waals surface area contributed by atoms with Crippen LogP contribution in [-0.4, -0.2) is 31.1 Å². The molecule has 0 saturated heterocycles. The van der Waals surface area contributed by atoms with Crippen molar-refractivity contribution in [3.05, 3.63) is 33.3 Å². The smallest absolute Gasteiger partial charge is 0.218 e. The van der Waals surface area contributed by atoms with Crippen molar-refractivity contribution < 1.29 is 19.1 Å². The number of carbonyl (C=O) groups excluding carboxylic acids is 2. The van der Waals surface area contributed by atoms with E-state index in [0.717, 1.165) is 4.47 Å². The van der Waals surface area contributed by atoms with Crippen LogP contribution in [0.2, 0.25) is 5.02 Å². The van der Waals surface area contributed by atoms with Gasteiger partial charge in [-0.3, -0.25) is 9.59 Å². The van der Waals surface area contributed by atoms with Crippen molar-refractivity contribution >= 4 is 39.1 Å². The molecule has 0 saturated carbocycles. The highest BCUT2D eigenvalue weighted by molar-refractivity contribution is 9.10. The van der Waals surface area contributed by atoms with Crippen LogP contribution in [-0.2, 0) is 14.3 Å². The van der Waals surface area contributed by atoms with Crippen molar-refractivity contribution in [3.63, 3.8) is 0 Å². The second-order valence-electron chi connectivity index (χ2n) is 3.93. The number of carbonyl (C=O) groups is 2. The van der Waals surface area contributed by atoms with Gasteiger partial charge in [0.05, 0.1) is 11.4 Å². The molecule has 0 spiro atoms. The Balaban J connectivity index is 2.75. The summed E-state index contributed by atoms with van der Waals surface area (Å²) in [5, 5.41) is 0.307. The van der Waals surface area contributed by atoms with Crippen molar-refractivity contribution in [3.8, 4) is 0 Å². The van der Waals surface area contributed by atoms with Crippen molar-refractivity contribution in [2.75, 3.05) is 13.2 Å². The van der Waals surface area contributed by atoms with Gasteiger partial charge in [-0.25, -0.2) is 0 Å². The molecule has 4 nitrogen and oxygen atoms in total. The van der Waals surface area contributed by atoms with Crippen LogP contribution >= 0.6 is 27.5 Å². The van der Waals surface area contributed by atoms with Gasteiger partial charge in [0, 0.05) is 23.2 Å². The highest BCUT2D eigenvalue weighted by Gasteiger charge is 2.23. The summed E-state index contributed by atoms with van der Waals surface area (Å²) in [6, 6.07) is 4.90. The largest absolute Gasteiger partial charge is 0.346 e. The fourth-order valence-corrected chi connectivity index (χ4v) is 2.37. The summed E-state index contributed by atoms with van der Waals surface area (Å²) >= 11 is 9.24. The summed E-state index contributed by atoms with van der Waals surface area (Å²) < 4.78 is 11.1. The van der Waals surface area contributed by atoms with E-state index in [4.69, 9.17) is 21.1 Å². The fourth-order valence-electron chi connectivity index (χ4n) is 1.59. The first kappa shape index (κ1) is 17.3. The van der Waals surface area contributed by atoms with E-state index in [2.05, 4.69) is 15.9 Å². The quantitative estimate of drug-likeness (QED) is 0.402. The summed E-state index contributed by atoms with van der Waals surface area (Å²) in [6.45, 7) is 4.19. The molecule has 6 heteroatoms. The molecule has 0 aliphatic rings. The maximum atomic E-state index is 12.1. The third kappa shape index (κ3) is 4.98. The Morgan fingerprint density at radius 3 is 2.35 bits per heavy atom. The van der Waals surface area contributed by atoms with E-state index in [9.17, 15) is 9.59 Å². The molecule has 1 rings (SSSR count). The molecule has 0 N–H and O–H groups in total. The number of hydrogen-bond acceptors (Lipinski definition) is 4. The van der Waals surface area contributed by atoms with Crippen LogP contribution in [0, 0.1) is 0 Å². The zero-order valence-corrected chi connectivity index (χ0v) is 13.7. The molecule has 0 fully saturated rings. The second kappa shape index (κ2) is 8.52. The molecule has 1 aromatic rings. The van der Waals surface area contributed by atoms with Crippen LogP contribution < -0.4 is 0 Å². The van der Waals surface area contributed by atoms with Gasteiger partial charge >= 0.3 is 0 Å². The molecule has 0 aliphatic heterocycles. The van der Waals surface area contributed by atoms with Crippen molar-refractivity contribution in [2.24, 2.45) is 0 Å². The lowest BCUT2D eigenvalue weighted by Gasteiger charge is -2.15. The minimum absolute atomic E-state index is 0.300. The Bertz CT molecular complexity index is 484. The molecule has 0 atom stereocenters. The van der Waals surface area contributed by atoms with Crippen molar-refractivity contribution in [1.82, 2.24) is 0 Å². The Labute approximate surface area is 131 Å². The van der Waals surface area contributed by atoms with E-state index in [0.29, 0.717) is 23.8 Å². The molecule has 0 aromatic heterocycles. The molecular weight excluding hydrogens is 348 g/mol. The van der Waals surface area contributed by atoms with Gasteiger partial charge in [0.15, 0.2) is 11.6 Å². The molecular formula is C14H16BrClO4. The molecule has 1 aromatic carbocycles. The normalized spacial score (nSPS) is 10.8. The molecule has 0 aliphatic carbocycles. The number of rotatable bonds is 8. The van der Waals surface area contributed by atoms with Crippen LogP contribution in [0.15, 0.2) is 22.7 Å². The Kier molecular flexibility index (Phi) is 7.37. The van der Waals surface area contributed by atoms with Gasteiger partial charge in [-0.15, -0.1) is 0 Å². The topological polar surface area (TPSA) is 52.6 Å². The molecule has 0 heterocycles. The van der Waals surface area contributed by atoms with Crippen molar-refractivity contribution in [1.29, 1.82) is 0 Å². The Morgan fingerprint density at radius 2 is 1.85 bits per heavy atom. The van der Waals surface area contributed by atoms with Gasteiger partial charge in [-0.05, 0) is 32.0 Å². The van der Waals surface area contributed by atoms with Crippen LogP contribution in [0.5, 0.6) is 0 Å². The first-order chi connectivity index (χ1) is 9.49. The lowest BCUT2D eigenvalue weighted by atomic mass is 10.1. The van der Waals surface area contributed by atoms with E-state index < -0.39 is 12.1 Å². The summed E-state index contributed by atoms with van der Waals surface area (Å²) in [6.07, 6.45) is -1.30. The summed E-state index contributed by atoms with van der Waals surface area (Å²) in [4.78, 5) is 24.0. The van der Waals surface area contributed by atoms with E-state index in [1.807, 2.05) is 0 Å². The van der Waals surface area contributed by atoms with Gasteiger partial charge in [-0.1, -0.05) is 27.5 Å². The minimum atomic E-state index is -0.997. The van der Waals surface area contributed by atoms with Gasteiger partial charge in [0.1, 0.15) is 0 Å². The first-order valence-corrected chi connectivity index (χ1v) is 7.40. The van der Waals surface area contributed by atoms with Crippen molar-refractivity contribution in [2.45, 2.75) is 26.6 Å². The van der Waals surface area contributed by atoms with Crippen LogP contribution in [0.3, 0.4) is 0 Å². The highest BCUT2D eigenvalue weighted by Crippen LogP contribution is 2.22.